The highest BCUT2D eigenvalue weighted by molar-refractivity contribution is 7.26. The third kappa shape index (κ3) is 4.25. The summed E-state index contributed by atoms with van der Waals surface area (Å²) in [6.45, 7) is 0. The van der Waals surface area contributed by atoms with Crippen LogP contribution in [-0.2, 0) is 0 Å². The van der Waals surface area contributed by atoms with Crippen LogP contribution in [0.15, 0.2) is 168 Å². The van der Waals surface area contributed by atoms with Crippen LogP contribution in [0.1, 0.15) is 0 Å². The molecule has 4 nitrogen and oxygen atoms in total. The Morgan fingerprint density at radius 2 is 1.14 bits per heavy atom. The summed E-state index contributed by atoms with van der Waals surface area (Å²) in [5.74, 6) is 0.704. The van der Waals surface area contributed by atoms with Crippen molar-refractivity contribution in [2.24, 2.45) is 0 Å². The average molecular weight is 670 g/mol. The predicted octanol–water partition coefficient (Wildman–Crippen LogP) is 12.8. The molecule has 7 aromatic carbocycles. The molecule has 0 atom stereocenters. The SMILES string of the molecule is c1ccc(-c2cc(-c3cccc(-n4c5ccccc5c5c6c7ccccc7oc6c6sc7ccccc7c6c54)c3)nc(-c3ccccc3)n2)cc1. The number of hydrogen-bond acceptors (Lipinski definition) is 4. The molecule has 0 aliphatic heterocycles. The molecule has 0 spiro atoms. The molecule has 11 rings (SSSR count). The summed E-state index contributed by atoms with van der Waals surface area (Å²) < 4.78 is 11.6. The molecule has 4 aromatic heterocycles. The Balaban J connectivity index is 1.24. The van der Waals surface area contributed by atoms with E-state index in [-0.39, 0.29) is 0 Å². The Labute approximate surface area is 296 Å². The van der Waals surface area contributed by atoms with Crippen molar-refractivity contribution < 1.29 is 4.42 Å². The van der Waals surface area contributed by atoms with Crippen LogP contribution >= 0.6 is 11.3 Å². The van der Waals surface area contributed by atoms with E-state index in [0.717, 1.165) is 55.8 Å². The predicted molar refractivity (Wildman–Crippen MR) is 213 cm³/mol. The molecule has 0 saturated heterocycles. The second-order valence-electron chi connectivity index (χ2n) is 12.9. The molecule has 11 aromatic rings. The topological polar surface area (TPSA) is 43.9 Å². The molecule has 0 radical (unpaired) electrons. The molecule has 0 aliphatic rings. The minimum Gasteiger partial charge on any atom is -0.455 e. The highest BCUT2D eigenvalue weighted by Crippen LogP contribution is 2.50. The summed E-state index contributed by atoms with van der Waals surface area (Å²) in [6.07, 6.45) is 0. The highest BCUT2D eigenvalue weighted by Gasteiger charge is 2.25. The van der Waals surface area contributed by atoms with Gasteiger partial charge in [0.05, 0.1) is 27.1 Å². The normalized spacial score (nSPS) is 11.9. The van der Waals surface area contributed by atoms with E-state index >= 15 is 0 Å². The van der Waals surface area contributed by atoms with Gasteiger partial charge in [-0.3, -0.25) is 0 Å². The molecule has 5 heteroatoms. The summed E-state index contributed by atoms with van der Waals surface area (Å²) in [6, 6.07) is 57.4. The first-order chi connectivity index (χ1) is 25.3. The van der Waals surface area contributed by atoms with E-state index in [1.165, 1.54) is 41.8 Å². The largest absolute Gasteiger partial charge is 0.455 e. The van der Waals surface area contributed by atoms with Crippen LogP contribution in [0.2, 0.25) is 0 Å². The zero-order valence-corrected chi connectivity index (χ0v) is 28.1. The number of aromatic nitrogens is 3. The van der Waals surface area contributed by atoms with Crippen LogP contribution in [0.3, 0.4) is 0 Å². The van der Waals surface area contributed by atoms with Crippen LogP contribution in [-0.4, -0.2) is 14.5 Å². The third-order valence-corrected chi connectivity index (χ3v) is 11.2. The second-order valence-corrected chi connectivity index (χ2v) is 14.0. The molecular weight excluding hydrogens is 643 g/mol. The van der Waals surface area contributed by atoms with E-state index in [9.17, 15) is 0 Å². The van der Waals surface area contributed by atoms with E-state index in [2.05, 4.69) is 144 Å². The third-order valence-electron chi connectivity index (χ3n) is 9.99. The zero-order valence-electron chi connectivity index (χ0n) is 27.2. The quantitative estimate of drug-likeness (QED) is 0.187. The molecule has 4 heterocycles. The Morgan fingerprint density at radius 3 is 1.96 bits per heavy atom. The monoisotopic (exact) mass is 669 g/mol. The van der Waals surface area contributed by atoms with E-state index in [1.807, 2.05) is 35.6 Å². The lowest BCUT2D eigenvalue weighted by molar-refractivity contribution is 0.673. The summed E-state index contributed by atoms with van der Waals surface area (Å²) >= 11 is 1.81. The molecular formula is C46H27N3OS. The van der Waals surface area contributed by atoms with Crippen LogP contribution in [0.5, 0.6) is 0 Å². The van der Waals surface area contributed by atoms with E-state index in [1.54, 1.807) is 0 Å². The maximum atomic E-state index is 6.73. The number of fused-ring (bicyclic) bond motifs is 12. The second kappa shape index (κ2) is 11.0. The number of thiophene rings is 1. The van der Waals surface area contributed by atoms with Gasteiger partial charge in [0.1, 0.15) is 5.58 Å². The summed E-state index contributed by atoms with van der Waals surface area (Å²) in [5.41, 5.74) is 10.1. The van der Waals surface area contributed by atoms with Gasteiger partial charge in [-0.2, -0.15) is 0 Å². The standard InChI is InChI=1S/C46H27N3OS/c1-3-14-28(15-4-1)35-27-36(48-46(47-35)29-16-5-2-6-17-29)30-18-13-19-31(26-30)49-37-23-10-7-20-32(37)40-41-33-21-8-11-24-38(33)50-44(41)45-42(43(40)49)34-22-9-12-25-39(34)51-45/h1-27H. The molecule has 0 aliphatic carbocycles. The van der Waals surface area contributed by atoms with Crippen molar-refractivity contribution in [3.8, 4) is 39.6 Å². The molecule has 238 valence electrons. The van der Waals surface area contributed by atoms with Gasteiger partial charge >= 0.3 is 0 Å². The smallest absolute Gasteiger partial charge is 0.160 e. The minimum absolute atomic E-state index is 0.704. The fourth-order valence-electron chi connectivity index (χ4n) is 7.76. The van der Waals surface area contributed by atoms with Gasteiger partial charge in [0.15, 0.2) is 11.4 Å². The zero-order chi connectivity index (χ0) is 33.5. The maximum absolute atomic E-state index is 6.73. The Kier molecular flexibility index (Phi) is 6.09. The van der Waals surface area contributed by atoms with Gasteiger partial charge in [0, 0.05) is 59.4 Å². The van der Waals surface area contributed by atoms with E-state index in [0.29, 0.717) is 5.82 Å². The summed E-state index contributed by atoms with van der Waals surface area (Å²) in [4.78, 5) is 10.2. The lowest BCUT2D eigenvalue weighted by Gasteiger charge is -2.13. The van der Waals surface area contributed by atoms with Crippen molar-refractivity contribution in [1.29, 1.82) is 0 Å². The first-order valence-electron chi connectivity index (χ1n) is 17.1. The lowest BCUT2D eigenvalue weighted by Crippen LogP contribution is -1.98. The molecule has 0 fully saturated rings. The van der Waals surface area contributed by atoms with Gasteiger partial charge in [-0.05, 0) is 36.4 Å². The number of para-hydroxylation sites is 2. The molecule has 0 N–H and O–H groups in total. The van der Waals surface area contributed by atoms with Gasteiger partial charge in [0.25, 0.3) is 0 Å². The molecule has 0 amide bonds. The average Bonchev–Trinajstić information content (AvgIpc) is 3.88. The first-order valence-corrected chi connectivity index (χ1v) is 17.9. The maximum Gasteiger partial charge on any atom is 0.160 e. The van der Waals surface area contributed by atoms with Crippen molar-refractivity contribution in [3.63, 3.8) is 0 Å². The van der Waals surface area contributed by atoms with Gasteiger partial charge in [0.2, 0.25) is 0 Å². The van der Waals surface area contributed by atoms with Crippen molar-refractivity contribution in [2.45, 2.75) is 0 Å². The fraction of sp³-hybridized carbons (Fsp3) is 0. The minimum atomic E-state index is 0.704. The van der Waals surface area contributed by atoms with Crippen molar-refractivity contribution in [2.75, 3.05) is 0 Å². The lowest BCUT2D eigenvalue weighted by atomic mass is 10.0. The van der Waals surface area contributed by atoms with Crippen LogP contribution in [0.4, 0.5) is 0 Å². The van der Waals surface area contributed by atoms with E-state index < -0.39 is 0 Å². The van der Waals surface area contributed by atoms with Crippen molar-refractivity contribution in [1.82, 2.24) is 14.5 Å². The molecule has 0 saturated carbocycles. The number of hydrogen-bond donors (Lipinski definition) is 0. The Hall–Kier alpha value is -6.56. The number of benzene rings is 7. The van der Waals surface area contributed by atoms with Crippen LogP contribution in [0.25, 0.3) is 104 Å². The first kappa shape index (κ1) is 28.3. The Bertz CT molecular complexity index is 3080. The van der Waals surface area contributed by atoms with Gasteiger partial charge in [-0.25, -0.2) is 9.97 Å². The summed E-state index contributed by atoms with van der Waals surface area (Å²) in [5, 5.41) is 7.18. The van der Waals surface area contributed by atoms with Crippen LogP contribution in [0, 0.1) is 0 Å². The molecule has 51 heavy (non-hydrogen) atoms. The van der Waals surface area contributed by atoms with Crippen LogP contribution < -0.4 is 0 Å². The number of rotatable bonds is 4. The van der Waals surface area contributed by atoms with Gasteiger partial charge < -0.3 is 8.98 Å². The van der Waals surface area contributed by atoms with E-state index in [4.69, 9.17) is 14.4 Å². The van der Waals surface area contributed by atoms with Crippen molar-refractivity contribution in [3.05, 3.63) is 164 Å². The number of nitrogens with zero attached hydrogens (tertiary/aromatic N) is 3. The van der Waals surface area contributed by atoms with Gasteiger partial charge in [-0.15, -0.1) is 11.3 Å². The van der Waals surface area contributed by atoms with Gasteiger partial charge in [-0.1, -0.05) is 127 Å². The number of furan rings is 1. The fourth-order valence-corrected chi connectivity index (χ4v) is 8.96. The highest BCUT2D eigenvalue weighted by atomic mass is 32.1. The molecule has 0 unspecified atom stereocenters. The molecule has 0 bridgehead atoms. The summed E-state index contributed by atoms with van der Waals surface area (Å²) in [7, 11) is 0. The Morgan fingerprint density at radius 1 is 0.490 bits per heavy atom. The van der Waals surface area contributed by atoms with Crippen molar-refractivity contribution >= 4 is 75.3 Å².